The lowest BCUT2D eigenvalue weighted by Gasteiger charge is -2.19. The van der Waals surface area contributed by atoms with Gasteiger partial charge < -0.3 is 14.2 Å². The standard InChI is InChI=1S/C18H20O5/c19-14-4-1-2-5-15(14)23-18(20)9-7-13-6-8-16-17(12-13)22-11-3-10-21-16/h6-9,12,15H,1-5,10-11H2/b9-7+/t15-/m0/s1. The Morgan fingerprint density at radius 1 is 1.13 bits per heavy atom. The Hall–Kier alpha value is -2.30. The molecule has 1 heterocycles. The van der Waals surface area contributed by atoms with Crippen LogP contribution in [0.2, 0.25) is 0 Å². The van der Waals surface area contributed by atoms with Crippen LogP contribution in [0, 0.1) is 0 Å². The molecule has 122 valence electrons. The van der Waals surface area contributed by atoms with Gasteiger partial charge in [0.25, 0.3) is 0 Å². The molecule has 0 N–H and O–H groups in total. The molecule has 1 aromatic carbocycles. The Morgan fingerprint density at radius 2 is 1.96 bits per heavy atom. The van der Waals surface area contributed by atoms with Crippen molar-refractivity contribution in [2.24, 2.45) is 0 Å². The van der Waals surface area contributed by atoms with Crippen LogP contribution in [0.5, 0.6) is 11.5 Å². The summed E-state index contributed by atoms with van der Waals surface area (Å²) < 4.78 is 16.4. The molecule has 0 radical (unpaired) electrons. The topological polar surface area (TPSA) is 61.8 Å². The molecule has 5 heteroatoms. The monoisotopic (exact) mass is 316 g/mol. The lowest BCUT2D eigenvalue weighted by Crippen LogP contribution is -2.29. The summed E-state index contributed by atoms with van der Waals surface area (Å²) in [6.45, 7) is 1.26. The van der Waals surface area contributed by atoms with Crippen LogP contribution in [-0.2, 0) is 14.3 Å². The van der Waals surface area contributed by atoms with Crippen molar-refractivity contribution in [3.63, 3.8) is 0 Å². The van der Waals surface area contributed by atoms with Gasteiger partial charge in [-0.15, -0.1) is 0 Å². The fraction of sp³-hybridized carbons (Fsp3) is 0.444. The van der Waals surface area contributed by atoms with Crippen LogP contribution in [0.15, 0.2) is 24.3 Å². The number of ether oxygens (including phenoxy) is 3. The first-order valence-electron chi connectivity index (χ1n) is 8.03. The normalized spacial score (nSPS) is 21.0. The highest BCUT2D eigenvalue weighted by Gasteiger charge is 2.24. The van der Waals surface area contributed by atoms with Gasteiger partial charge in [0, 0.05) is 18.9 Å². The van der Waals surface area contributed by atoms with Crippen molar-refractivity contribution in [3.8, 4) is 11.5 Å². The van der Waals surface area contributed by atoms with Crippen LogP contribution in [-0.4, -0.2) is 31.1 Å². The van der Waals surface area contributed by atoms with Crippen molar-refractivity contribution in [2.75, 3.05) is 13.2 Å². The van der Waals surface area contributed by atoms with Gasteiger partial charge in [0.05, 0.1) is 13.2 Å². The van der Waals surface area contributed by atoms with E-state index < -0.39 is 12.1 Å². The smallest absolute Gasteiger partial charge is 0.331 e. The van der Waals surface area contributed by atoms with Gasteiger partial charge in [-0.3, -0.25) is 4.79 Å². The molecular formula is C18H20O5. The number of carbonyl (C=O) groups is 2. The second-order valence-electron chi connectivity index (χ2n) is 5.73. The van der Waals surface area contributed by atoms with Gasteiger partial charge >= 0.3 is 5.97 Å². The summed E-state index contributed by atoms with van der Waals surface area (Å²) in [6, 6.07) is 5.51. The number of hydrogen-bond acceptors (Lipinski definition) is 5. The molecule has 0 aromatic heterocycles. The predicted molar refractivity (Wildman–Crippen MR) is 84.4 cm³/mol. The largest absolute Gasteiger partial charge is 0.490 e. The van der Waals surface area contributed by atoms with Crippen molar-refractivity contribution in [1.29, 1.82) is 0 Å². The zero-order valence-electron chi connectivity index (χ0n) is 13.0. The SMILES string of the molecule is O=C(/C=C/c1ccc2c(c1)OCCCO2)O[C@H]1CCCCC1=O. The summed E-state index contributed by atoms with van der Waals surface area (Å²) in [5.74, 6) is 0.932. The van der Waals surface area contributed by atoms with E-state index in [9.17, 15) is 9.59 Å². The second kappa shape index (κ2) is 7.31. The molecule has 0 saturated heterocycles. The Bertz CT molecular complexity index is 620. The van der Waals surface area contributed by atoms with E-state index in [2.05, 4.69) is 0 Å². The zero-order valence-corrected chi connectivity index (χ0v) is 13.0. The van der Waals surface area contributed by atoms with E-state index >= 15 is 0 Å². The van der Waals surface area contributed by atoms with E-state index in [0.717, 1.165) is 30.6 Å². The van der Waals surface area contributed by atoms with Gasteiger partial charge in [0.1, 0.15) is 0 Å². The molecule has 0 spiro atoms. The maximum absolute atomic E-state index is 11.9. The van der Waals surface area contributed by atoms with E-state index in [4.69, 9.17) is 14.2 Å². The van der Waals surface area contributed by atoms with Gasteiger partial charge in [-0.05, 0) is 43.0 Å². The number of esters is 1. The van der Waals surface area contributed by atoms with Gasteiger partial charge in [-0.1, -0.05) is 6.07 Å². The molecule has 1 atom stereocenters. The van der Waals surface area contributed by atoms with Crippen molar-refractivity contribution in [1.82, 2.24) is 0 Å². The Balaban J connectivity index is 1.62. The minimum atomic E-state index is -0.579. The van der Waals surface area contributed by atoms with Crippen LogP contribution in [0.4, 0.5) is 0 Å². The molecule has 0 unspecified atom stereocenters. The molecule has 2 aliphatic rings. The number of hydrogen-bond donors (Lipinski definition) is 0. The van der Waals surface area contributed by atoms with Crippen LogP contribution in [0.1, 0.15) is 37.7 Å². The Labute approximate surface area is 135 Å². The second-order valence-corrected chi connectivity index (χ2v) is 5.73. The molecule has 1 aromatic rings. The van der Waals surface area contributed by atoms with Crippen molar-refractivity contribution in [2.45, 2.75) is 38.2 Å². The summed E-state index contributed by atoms with van der Waals surface area (Å²) in [7, 11) is 0. The molecule has 23 heavy (non-hydrogen) atoms. The van der Waals surface area contributed by atoms with Crippen LogP contribution in [0.25, 0.3) is 6.08 Å². The summed E-state index contributed by atoms with van der Waals surface area (Å²) in [6.07, 6.45) is 6.22. The van der Waals surface area contributed by atoms with E-state index in [1.807, 2.05) is 18.2 Å². The summed E-state index contributed by atoms with van der Waals surface area (Å²) in [5, 5.41) is 0. The quantitative estimate of drug-likeness (QED) is 0.634. The average molecular weight is 316 g/mol. The lowest BCUT2D eigenvalue weighted by molar-refractivity contribution is -0.152. The molecule has 5 nitrogen and oxygen atoms in total. The van der Waals surface area contributed by atoms with Gasteiger partial charge in [-0.2, -0.15) is 0 Å². The summed E-state index contributed by atoms with van der Waals surface area (Å²) in [4.78, 5) is 23.5. The third kappa shape index (κ3) is 4.12. The number of fused-ring (bicyclic) bond motifs is 1. The van der Waals surface area contributed by atoms with E-state index in [0.29, 0.717) is 31.8 Å². The lowest BCUT2D eigenvalue weighted by atomic mass is 9.96. The van der Waals surface area contributed by atoms with E-state index in [1.165, 1.54) is 6.08 Å². The third-order valence-electron chi connectivity index (χ3n) is 3.94. The summed E-state index contributed by atoms with van der Waals surface area (Å²) >= 11 is 0. The number of carbonyl (C=O) groups excluding carboxylic acids is 2. The van der Waals surface area contributed by atoms with Gasteiger partial charge in [0.15, 0.2) is 23.4 Å². The fourth-order valence-electron chi connectivity index (χ4n) is 2.70. The summed E-state index contributed by atoms with van der Waals surface area (Å²) in [5.41, 5.74) is 0.821. The number of ketones is 1. The highest BCUT2D eigenvalue weighted by atomic mass is 16.5. The maximum atomic E-state index is 11.9. The number of Topliss-reactive ketones (excluding diaryl/α,β-unsaturated/α-hetero) is 1. The minimum Gasteiger partial charge on any atom is -0.490 e. The predicted octanol–water partition coefficient (Wildman–Crippen LogP) is 2.92. The molecule has 3 rings (SSSR count). The van der Waals surface area contributed by atoms with Crippen LogP contribution < -0.4 is 9.47 Å². The highest BCUT2D eigenvalue weighted by Crippen LogP contribution is 2.30. The first-order chi connectivity index (χ1) is 11.2. The average Bonchev–Trinajstić information content (AvgIpc) is 2.80. The van der Waals surface area contributed by atoms with Crippen molar-refractivity contribution < 1.29 is 23.8 Å². The molecule has 1 fully saturated rings. The molecule has 0 bridgehead atoms. The fourth-order valence-corrected chi connectivity index (χ4v) is 2.70. The zero-order chi connectivity index (χ0) is 16.1. The van der Waals surface area contributed by atoms with Crippen molar-refractivity contribution >= 4 is 17.8 Å². The molecule has 0 amide bonds. The minimum absolute atomic E-state index is 0.0218. The maximum Gasteiger partial charge on any atom is 0.331 e. The first-order valence-corrected chi connectivity index (χ1v) is 8.03. The Kier molecular flexibility index (Phi) is 4.95. The molecule has 1 aliphatic carbocycles. The van der Waals surface area contributed by atoms with E-state index in [1.54, 1.807) is 6.08 Å². The molecular weight excluding hydrogens is 296 g/mol. The highest BCUT2D eigenvalue weighted by molar-refractivity contribution is 5.91. The third-order valence-corrected chi connectivity index (χ3v) is 3.94. The molecule has 1 aliphatic heterocycles. The van der Waals surface area contributed by atoms with Crippen LogP contribution in [0.3, 0.4) is 0 Å². The van der Waals surface area contributed by atoms with Crippen molar-refractivity contribution in [3.05, 3.63) is 29.8 Å². The Morgan fingerprint density at radius 3 is 2.78 bits per heavy atom. The van der Waals surface area contributed by atoms with Gasteiger partial charge in [0.2, 0.25) is 0 Å². The van der Waals surface area contributed by atoms with E-state index in [-0.39, 0.29) is 5.78 Å². The number of benzene rings is 1. The molecule has 1 saturated carbocycles. The van der Waals surface area contributed by atoms with Crippen LogP contribution >= 0.6 is 0 Å². The first kappa shape index (κ1) is 15.6. The van der Waals surface area contributed by atoms with Gasteiger partial charge in [-0.25, -0.2) is 4.79 Å². The number of rotatable bonds is 3.